The van der Waals surface area contributed by atoms with Gasteiger partial charge in [-0.1, -0.05) is 39.8 Å². The van der Waals surface area contributed by atoms with Crippen molar-refractivity contribution < 1.29 is 33.9 Å². The number of nitrogens with two attached hydrogens (primary N) is 3. The first-order valence-electron chi connectivity index (χ1n) is 17.3. The van der Waals surface area contributed by atoms with Crippen molar-refractivity contribution in [2.45, 2.75) is 83.6 Å². The topological polar surface area (TPSA) is 314 Å². The van der Waals surface area contributed by atoms with E-state index in [0.29, 0.717) is 17.7 Å². The van der Waals surface area contributed by atoms with E-state index < -0.39 is 77.5 Å². The number of H-pyrrole nitrogens is 1. The van der Waals surface area contributed by atoms with Gasteiger partial charge in [-0.05, 0) is 49.4 Å². The molecule has 0 fully saturated rings. The predicted molar refractivity (Wildman–Crippen MR) is 196 cm³/mol. The van der Waals surface area contributed by atoms with Crippen molar-refractivity contribution in [3.8, 4) is 5.75 Å². The molecule has 19 nitrogen and oxygen atoms in total. The molecular formula is C34H54N12O7. The number of benzene rings is 1. The van der Waals surface area contributed by atoms with Gasteiger partial charge in [-0.3, -0.25) is 33.8 Å². The molecule has 2 aromatic rings. The van der Waals surface area contributed by atoms with E-state index in [9.17, 15) is 33.9 Å². The molecule has 1 heterocycles. The van der Waals surface area contributed by atoms with E-state index in [4.69, 9.17) is 17.2 Å². The third-order valence-electron chi connectivity index (χ3n) is 8.08. The van der Waals surface area contributed by atoms with Crippen molar-refractivity contribution in [3.05, 3.63) is 48.0 Å². The molecule has 0 saturated carbocycles. The lowest BCUT2D eigenvalue weighted by Crippen LogP contribution is -2.61. The van der Waals surface area contributed by atoms with Gasteiger partial charge in [0.1, 0.15) is 36.0 Å². The van der Waals surface area contributed by atoms with Crippen LogP contribution in [0, 0.1) is 11.8 Å². The van der Waals surface area contributed by atoms with Crippen LogP contribution < -0.4 is 49.1 Å². The number of aromatic hydroxyl groups is 1. The van der Waals surface area contributed by atoms with Crippen molar-refractivity contribution in [1.29, 1.82) is 0 Å². The highest BCUT2D eigenvalue weighted by molar-refractivity contribution is 5.96. The van der Waals surface area contributed by atoms with Crippen molar-refractivity contribution in [2.75, 3.05) is 20.1 Å². The van der Waals surface area contributed by atoms with Crippen molar-refractivity contribution >= 4 is 41.4 Å². The van der Waals surface area contributed by atoms with E-state index in [1.807, 2.05) is 0 Å². The van der Waals surface area contributed by atoms with Crippen LogP contribution in [0.4, 0.5) is 0 Å². The van der Waals surface area contributed by atoms with Crippen LogP contribution in [0.25, 0.3) is 0 Å². The molecule has 1 aromatic heterocycles. The Kier molecular flexibility index (Phi) is 17.7. The van der Waals surface area contributed by atoms with E-state index in [1.165, 1.54) is 24.7 Å². The molecule has 0 aliphatic carbocycles. The molecule has 14 N–H and O–H groups in total. The van der Waals surface area contributed by atoms with Crippen LogP contribution in [0.5, 0.6) is 5.75 Å². The monoisotopic (exact) mass is 742 g/mol. The van der Waals surface area contributed by atoms with Crippen molar-refractivity contribution in [3.63, 3.8) is 0 Å². The van der Waals surface area contributed by atoms with Crippen molar-refractivity contribution in [2.24, 2.45) is 34.0 Å². The molecule has 5 atom stereocenters. The number of phenols is 1. The van der Waals surface area contributed by atoms with Gasteiger partial charge in [-0.15, -0.1) is 0 Å². The van der Waals surface area contributed by atoms with Crippen molar-refractivity contribution in [1.82, 2.24) is 41.9 Å². The molecule has 6 amide bonds. The minimum atomic E-state index is -1.26. The Morgan fingerprint density at radius 2 is 1.34 bits per heavy atom. The van der Waals surface area contributed by atoms with Gasteiger partial charge in [-0.2, -0.15) is 0 Å². The lowest BCUT2D eigenvalue weighted by molar-refractivity contribution is -0.136. The summed E-state index contributed by atoms with van der Waals surface area (Å²) in [7, 11) is 1.58. The highest BCUT2D eigenvalue weighted by atomic mass is 16.3. The van der Waals surface area contributed by atoms with E-state index in [2.05, 4.69) is 46.9 Å². The van der Waals surface area contributed by atoms with Gasteiger partial charge >= 0.3 is 0 Å². The number of aromatic nitrogens is 2. The number of imidazole rings is 1. The molecule has 0 spiro atoms. The predicted octanol–water partition coefficient (Wildman–Crippen LogP) is -2.61. The Morgan fingerprint density at radius 3 is 1.83 bits per heavy atom. The number of primary amides is 1. The third-order valence-corrected chi connectivity index (χ3v) is 8.08. The van der Waals surface area contributed by atoms with Crippen LogP contribution >= 0.6 is 0 Å². The van der Waals surface area contributed by atoms with Gasteiger partial charge in [0, 0.05) is 31.3 Å². The quantitative estimate of drug-likeness (QED) is 0.0337. The van der Waals surface area contributed by atoms with E-state index >= 15 is 0 Å². The number of hydrogen-bond acceptors (Lipinski definition) is 10. The minimum Gasteiger partial charge on any atom is -0.508 e. The second kappa shape index (κ2) is 21.6. The Bertz CT molecular complexity index is 1540. The summed E-state index contributed by atoms with van der Waals surface area (Å²) >= 11 is 0. The zero-order valence-electron chi connectivity index (χ0n) is 30.8. The van der Waals surface area contributed by atoms with E-state index in [-0.39, 0.29) is 44.1 Å². The molecule has 0 unspecified atom stereocenters. The molecule has 292 valence electrons. The lowest BCUT2D eigenvalue weighted by Gasteiger charge is -2.29. The van der Waals surface area contributed by atoms with Crippen LogP contribution in [0.15, 0.2) is 41.8 Å². The first-order chi connectivity index (χ1) is 25.0. The smallest absolute Gasteiger partial charge is 0.243 e. The van der Waals surface area contributed by atoms with Gasteiger partial charge in [0.05, 0.1) is 12.9 Å². The molecule has 0 aliphatic heterocycles. The summed E-state index contributed by atoms with van der Waals surface area (Å²) in [6.07, 6.45) is 3.40. The highest BCUT2D eigenvalue weighted by Gasteiger charge is 2.34. The summed E-state index contributed by atoms with van der Waals surface area (Å²) in [5.74, 6) is -5.04. The SMILES string of the molecule is CNCC(=O)N[C@@H](CCCN=C(N)N)C(=O)N[C@H](C(=O)N[C@@H](Cc1ccc(O)cc1)C(=O)N[C@H](C(=O)N[C@@H](Cc1cnc[nH]1)C(N)=O)C(C)C)C(C)C. The number of rotatable bonds is 22. The molecular weight excluding hydrogens is 688 g/mol. The normalized spacial score (nSPS) is 13.9. The van der Waals surface area contributed by atoms with Gasteiger partial charge in [0.15, 0.2) is 5.96 Å². The molecule has 0 aliphatic rings. The zero-order valence-corrected chi connectivity index (χ0v) is 30.8. The molecule has 19 heteroatoms. The van der Waals surface area contributed by atoms with Gasteiger partial charge < -0.3 is 59.2 Å². The standard InChI is InChI=1S/C34H54N12O7/c1-18(2)27(32(52)43-24(29(35)49)14-21-15-39-17-41-21)46-31(51)25(13-20-8-10-22(47)11-9-20)44-33(53)28(19(3)4)45-30(50)23(42-26(48)16-38-5)7-6-12-40-34(36)37/h8-11,15,17-19,23-25,27-28,38,47H,6-7,12-14,16H2,1-5H3,(H2,35,49)(H,39,41)(H,42,48)(H,43,52)(H,44,53)(H,45,50)(H,46,51)(H4,36,37,40)/t23-,24-,25-,27-,28-/m0/s1. The minimum absolute atomic E-state index is 0.00768. The highest BCUT2D eigenvalue weighted by Crippen LogP contribution is 2.14. The Hall–Kier alpha value is -5.72. The Balaban J connectivity index is 2.32. The number of hydrogen-bond donors (Lipinski definition) is 11. The number of carbonyl (C=O) groups is 6. The summed E-state index contributed by atoms with van der Waals surface area (Å²) in [5, 5.41) is 25.9. The lowest BCUT2D eigenvalue weighted by atomic mass is 9.98. The van der Waals surface area contributed by atoms with Gasteiger partial charge in [0.2, 0.25) is 35.4 Å². The largest absolute Gasteiger partial charge is 0.508 e. The summed E-state index contributed by atoms with van der Waals surface area (Å²) < 4.78 is 0. The van der Waals surface area contributed by atoms with Crippen LogP contribution in [0.1, 0.15) is 51.8 Å². The zero-order chi connectivity index (χ0) is 39.7. The fourth-order valence-electron chi connectivity index (χ4n) is 5.19. The maximum absolute atomic E-state index is 13.9. The fourth-order valence-corrected chi connectivity index (χ4v) is 5.19. The molecule has 0 saturated heterocycles. The molecule has 0 bridgehead atoms. The van der Waals surface area contributed by atoms with Gasteiger partial charge in [-0.25, -0.2) is 4.98 Å². The summed E-state index contributed by atoms with van der Waals surface area (Å²) in [6, 6.07) is 0.296. The Labute approximate surface area is 308 Å². The molecule has 1 aromatic carbocycles. The maximum Gasteiger partial charge on any atom is 0.243 e. The second-order valence-corrected chi connectivity index (χ2v) is 13.2. The van der Waals surface area contributed by atoms with Crippen LogP contribution in [0.2, 0.25) is 0 Å². The number of amides is 6. The average molecular weight is 743 g/mol. The Morgan fingerprint density at radius 1 is 0.774 bits per heavy atom. The number of aliphatic imine (C=N–C) groups is 1. The average Bonchev–Trinajstić information content (AvgIpc) is 3.60. The number of nitrogens with one attached hydrogen (secondary N) is 7. The molecule has 2 rings (SSSR count). The first-order valence-corrected chi connectivity index (χ1v) is 17.3. The third kappa shape index (κ3) is 15.2. The number of guanidine groups is 1. The van der Waals surface area contributed by atoms with E-state index in [1.54, 1.807) is 46.9 Å². The number of likely N-dealkylation sites (N-methyl/N-ethyl adjacent to an activating group) is 1. The van der Waals surface area contributed by atoms with E-state index in [0.717, 1.165) is 0 Å². The van der Waals surface area contributed by atoms with Gasteiger partial charge in [0.25, 0.3) is 0 Å². The fraction of sp³-hybridized carbons (Fsp3) is 0.529. The summed E-state index contributed by atoms with van der Waals surface area (Å²) in [4.78, 5) is 90.0. The number of nitrogens with zero attached hydrogens (tertiary/aromatic N) is 2. The van der Waals surface area contributed by atoms with Crippen LogP contribution in [0.3, 0.4) is 0 Å². The summed E-state index contributed by atoms with van der Waals surface area (Å²) in [5.41, 5.74) is 17.5. The van der Waals surface area contributed by atoms with Crippen LogP contribution in [-0.2, 0) is 41.6 Å². The number of aromatic amines is 1. The second-order valence-electron chi connectivity index (χ2n) is 13.2. The summed E-state index contributed by atoms with van der Waals surface area (Å²) in [6.45, 7) is 6.94. The molecule has 0 radical (unpaired) electrons. The number of carbonyl (C=O) groups excluding carboxylic acids is 6. The van der Waals surface area contributed by atoms with Crippen LogP contribution in [-0.4, -0.2) is 107 Å². The number of phenolic OH excluding ortho intramolecular Hbond substituents is 1. The first kappa shape index (κ1) is 43.4. The molecule has 53 heavy (non-hydrogen) atoms. The maximum atomic E-state index is 13.9.